The third kappa shape index (κ3) is 2.39. The van der Waals surface area contributed by atoms with E-state index in [0.29, 0.717) is 4.88 Å². The Morgan fingerprint density at radius 2 is 2.05 bits per heavy atom. The van der Waals surface area contributed by atoms with E-state index in [1.54, 1.807) is 0 Å². The minimum atomic E-state index is -0.422. The molecule has 4 nitrogen and oxygen atoms in total. The second-order valence-corrected chi connectivity index (χ2v) is 6.24. The van der Waals surface area contributed by atoms with E-state index >= 15 is 0 Å². The van der Waals surface area contributed by atoms with Crippen molar-refractivity contribution in [3.63, 3.8) is 0 Å². The number of hydrogen-bond acceptors (Lipinski definition) is 3. The Hall–Kier alpha value is -1.59. The molecule has 0 spiro atoms. The summed E-state index contributed by atoms with van der Waals surface area (Å²) in [5.41, 5.74) is 0.471. The lowest BCUT2D eigenvalue weighted by Crippen LogP contribution is -2.49. The van der Waals surface area contributed by atoms with Gasteiger partial charge in [0, 0.05) is 12.4 Å². The first-order chi connectivity index (χ1) is 9.74. The van der Waals surface area contributed by atoms with Gasteiger partial charge in [0.2, 0.25) is 0 Å². The molecule has 2 aromatic heterocycles. The Labute approximate surface area is 122 Å². The average molecular weight is 290 g/mol. The lowest BCUT2D eigenvalue weighted by Gasteiger charge is -2.27. The van der Waals surface area contributed by atoms with E-state index in [1.165, 1.54) is 11.3 Å². The van der Waals surface area contributed by atoms with Gasteiger partial charge in [0.1, 0.15) is 4.88 Å². The maximum Gasteiger partial charge on any atom is 0.264 e. The second-order valence-electron chi connectivity index (χ2n) is 5.32. The molecule has 0 aromatic carbocycles. The summed E-state index contributed by atoms with van der Waals surface area (Å²) in [6, 6.07) is 5.82. The lowest BCUT2D eigenvalue weighted by atomic mass is 9.99. The average Bonchev–Trinajstić information content (AvgIpc) is 3.19. The zero-order chi connectivity index (χ0) is 14.0. The molecule has 3 rings (SSSR count). The van der Waals surface area contributed by atoms with Crippen molar-refractivity contribution in [1.29, 1.82) is 0 Å². The SMILES string of the molecule is O=C(NC1(CO)CCCC1)c1sccc1-n1cccc1. The molecule has 0 atom stereocenters. The van der Waals surface area contributed by atoms with Crippen LogP contribution in [-0.2, 0) is 0 Å². The van der Waals surface area contributed by atoms with E-state index in [2.05, 4.69) is 5.32 Å². The van der Waals surface area contributed by atoms with Gasteiger partial charge in [-0.2, -0.15) is 0 Å². The van der Waals surface area contributed by atoms with Gasteiger partial charge < -0.3 is 15.0 Å². The molecular formula is C15H18N2O2S. The zero-order valence-corrected chi connectivity index (χ0v) is 12.0. The zero-order valence-electron chi connectivity index (χ0n) is 11.2. The number of rotatable bonds is 4. The molecule has 0 unspecified atom stereocenters. The van der Waals surface area contributed by atoms with Crippen molar-refractivity contribution in [3.05, 3.63) is 40.8 Å². The van der Waals surface area contributed by atoms with Crippen LogP contribution in [0.5, 0.6) is 0 Å². The van der Waals surface area contributed by atoms with Crippen molar-refractivity contribution < 1.29 is 9.90 Å². The molecule has 0 radical (unpaired) electrons. The smallest absolute Gasteiger partial charge is 0.264 e. The molecule has 1 aliphatic rings. The van der Waals surface area contributed by atoms with Crippen molar-refractivity contribution >= 4 is 17.2 Å². The first-order valence-corrected chi connectivity index (χ1v) is 7.76. The van der Waals surface area contributed by atoms with Gasteiger partial charge in [-0.1, -0.05) is 12.8 Å². The number of aliphatic hydroxyl groups excluding tert-OH is 1. The van der Waals surface area contributed by atoms with Gasteiger partial charge in [-0.05, 0) is 36.4 Å². The summed E-state index contributed by atoms with van der Waals surface area (Å²) in [6.07, 6.45) is 7.71. The predicted octanol–water partition coefficient (Wildman–Crippen LogP) is 2.57. The molecule has 20 heavy (non-hydrogen) atoms. The van der Waals surface area contributed by atoms with Gasteiger partial charge in [-0.25, -0.2) is 0 Å². The molecule has 2 aromatic rings. The number of nitrogens with one attached hydrogen (secondary N) is 1. The topological polar surface area (TPSA) is 54.3 Å². The van der Waals surface area contributed by atoms with Crippen LogP contribution >= 0.6 is 11.3 Å². The van der Waals surface area contributed by atoms with Gasteiger partial charge in [0.25, 0.3) is 5.91 Å². The number of carbonyl (C=O) groups excluding carboxylic acids is 1. The molecule has 5 heteroatoms. The molecule has 1 fully saturated rings. The van der Waals surface area contributed by atoms with E-state index in [4.69, 9.17) is 0 Å². The molecule has 0 bridgehead atoms. The van der Waals surface area contributed by atoms with E-state index in [9.17, 15) is 9.90 Å². The standard InChI is InChI=1S/C15H18N2O2S/c18-11-15(6-1-2-7-15)16-14(19)13-12(5-10-20-13)17-8-3-4-9-17/h3-5,8-10,18H,1-2,6-7,11H2,(H,16,19). The molecule has 106 valence electrons. The molecular weight excluding hydrogens is 272 g/mol. The molecule has 1 amide bonds. The van der Waals surface area contributed by atoms with Gasteiger partial charge in [-0.3, -0.25) is 4.79 Å². The van der Waals surface area contributed by atoms with Crippen LogP contribution in [0.25, 0.3) is 5.69 Å². The normalized spacial score (nSPS) is 17.2. The van der Waals surface area contributed by atoms with Crippen molar-refractivity contribution in [2.75, 3.05) is 6.61 Å². The first-order valence-electron chi connectivity index (χ1n) is 6.88. The van der Waals surface area contributed by atoms with Crippen LogP contribution in [0.3, 0.4) is 0 Å². The summed E-state index contributed by atoms with van der Waals surface area (Å²) in [5.74, 6) is -0.0837. The fourth-order valence-electron chi connectivity index (χ4n) is 2.84. The van der Waals surface area contributed by atoms with Crippen LogP contribution < -0.4 is 5.32 Å². The third-order valence-corrected chi connectivity index (χ3v) is 4.88. The molecule has 2 N–H and O–H groups in total. The van der Waals surface area contributed by atoms with Crippen LogP contribution in [0, 0.1) is 0 Å². The largest absolute Gasteiger partial charge is 0.394 e. The summed E-state index contributed by atoms with van der Waals surface area (Å²) >= 11 is 1.43. The summed E-state index contributed by atoms with van der Waals surface area (Å²) in [6.45, 7) is 0.0168. The second kappa shape index (κ2) is 5.42. The Morgan fingerprint density at radius 3 is 2.70 bits per heavy atom. The number of hydrogen-bond donors (Lipinski definition) is 2. The van der Waals surface area contributed by atoms with Crippen molar-refractivity contribution in [2.24, 2.45) is 0 Å². The molecule has 0 aliphatic heterocycles. The number of carbonyl (C=O) groups is 1. The maximum absolute atomic E-state index is 12.5. The fraction of sp³-hybridized carbons (Fsp3) is 0.400. The molecule has 0 saturated heterocycles. The van der Waals surface area contributed by atoms with Gasteiger partial charge in [0.05, 0.1) is 17.8 Å². The summed E-state index contributed by atoms with van der Waals surface area (Å²) in [7, 11) is 0. The van der Waals surface area contributed by atoms with Gasteiger partial charge in [0.15, 0.2) is 0 Å². The quantitative estimate of drug-likeness (QED) is 0.909. The highest BCUT2D eigenvalue weighted by atomic mass is 32.1. The summed E-state index contributed by atoms with van der Waals surface area (Å²) in [5, 5.41) is 14.6. The van der Waals surface area contributed by atoms with Crippen molar-refractivity contribution in [2.45, 2.75) is 31.2 Å². The van der Waals surface area contributed by atoms with Crippen LogP contribution in [0.15, 0.2) is 36.0 Å². The Kier molecular flexibility index (Phi) is 3.63. The molecule has 1 aliphatic carbocycles. The Bertz CT molecular complexity index is 583. The van der Waals surface area contributed by atoms with Crippen LogP contribution in [0.1, 0.15) is 35.4 Å². The predicted molar refractivity (Wildman–Crippen MR) is 79.4 cm³/mol. The third-order valence-electron chi connectivity index (χ3n) is 3.98. The van der Waals surface area contributed by atoms with E-state index in [1.807, 2.05) is 40.5 Å². The first kappa shape index (κ1) is 13.4. The number of amides is 1. The van der Waals surface area contributed by atoms with Crippen molar-refractivity contribution in [3.8, 4) is 5.69 Å². The Morgan fingerprint density at radius 1 is 1.35 bits per heavy atom. The highest BCUT2D eigenvalue weighted by molar-refractivity contribution is 7.12. The van der Waals surface area contributed by atoms with Crippen LogP contribution in [-0.4, -0.2) is 27.7 Å². The fourth-order valence-corrected chi connectivity index (χ4v) is 3.63. The number of aromatic nitrogens is 1. The number of thiophene rings is 1. The minimum Gasteiger partial charge on any atom is -0.394 e. The lowest BCUT2D eigenvalue weighted by molar-refractivity contribution is 0.0842. The summed E-state index contributed by atoms with van der Waals surface area (Å²) in [4.78, 5) is 13.2. The van der Waals surface area contributed by atoms with Crippen molar-refractivity contribution in [1.82, 2.24) is 9.88 Å². The van der Waals surface area contributed by atoms with Gasteiger partial charge in [-0.15, -0.1) is 11.3 Å². The highest BCUT2D eigenvalue weighted by Gasteiger charge is 2.35. The Balaban J connectivity index is 1.83. The van der Waals surface area contributed by atoms with Crippen LogP contribution in [0.4, 0.5) is 0 Å². The minimum absolute atomic E-state index is 0.0168. The highest BCUT2D eigenvalue weighted by Crippen LogP contribution is 2.30. The molecule has 2 heterocycles. The monoisotopic (exact) mass is 290 g/mol. The van der Waals surface area contributed by atoms with E-state index in [-0.39, 0.29) is 12.5 Å². The van der Waals surface area contributed by atoms with E-state index < -0.39 is 5.54 Å². The summed E-state index contributed by atoms with van der Waals surface area (Å²) < 4.78 is 1.94. The maximum atomic E-state index is 12.5. The van der Waals surface area contributed by atoms with Crippen LogP contribution in [0.2, 0.25) is 0 Å². The molecule has 1 saturated carbocycles. The van der Waals surface area contributed by atoms with E-state index in [0.717, 1.165) is 31.4 Å². The number of nitrogens with zero attached hydrogens (tertiary/aromatic N) is 1. The number of aliphatic hydroxyl groups is 1. The van der Waals surface area contributed by atoms with Gasteiger partial charge >= 0.3 is 0 Å².